The van der Waals surface area contributed by atoms with Crippen LogP contribution in [0.4, 0.5) is 5.69 Å². The Hall–Kier alpha value is -2.46. The van der Waals surface area contributed by atoms with Gasteiger partial charge in [-0.2, -0.15) is 13.5 Å². The molecule has 0 spiro atoms. The Morgan fingerprint density at radius 1 is 1.40 bits per heavy atom. The van der Waals surface area contributed by atoms with Crippen molar-refractivity contribution in [3.63, 3.8) is 0 Å². The molecule has 25 heavy (non-hydrogen) atoms. The van der Waals surface area contributed by atoms with Gasteiger partial charge in [-0.15, -0.1) is 0 Å². The van der Waals surface area contributed by atoms with Crippen LogP contribution < -0.4 is 4.74 Å². The summed E-state index contributed by atoms with van der Waals surface area (Å²) in [6.45, 7) is -0.306. The fourth-order valence-electron chi connectivity index (χ4n) is 2.49. The molecule has 0 amide bonds. The van der Waals surface area contributed by atoms with Crippen LogP contribution in [0.1, 0.15) is 24.4 Å². The molecule has 0 unspecified atom stereocenters. The molecule has 1 aliphatic rings. The van der Waals surface area contributed by atoms with Crippen molar-refractivity contribution in [2.24, 2.45) is 0 Å². The van der Waals surface area contributed by atoms with Crippen molar-refractivity contribution in [1.82, 2.24) is 9.78 Å². The van der Waals surface area contributed by atoms with Crippen LogP contribution in [0.15, 0.2) is 24.4 Å². The lowest BCUT2D eigenvalue weighted by atomic mass is 10.1. The molecule has 1 fully saturated rings. The second kappa shape index (κ2) is 6.45. The van der Waals surface area contributed by atoms with Gasteiger partial charge in [-0.05, 0) is 30.5 Å². The Morgan fingerprint density at radius 2 is 2.12 bits per heavy atom. The standard InChI is InChI=1S/C15H17N3O6S/c1-23-15-12(13-5-6-17(16-13)11-3-4-11)7-10(8-14(15)18(19)20)9-24-25(2,21)22/h5-8,11H,3-4,9H2,1-2H3. The van der Waals surface area contributed by atoms with Crippen molar-refractivity contribution in [2.45, 2.75) is 25.5 Å². The summed E-state index contributed by atoms with van der Waals surface area (Å²) < 4.78 is 34.2. The summed E-state index contributed by atoms with van der Waals surface area (Å²) in [6.07, 6.45) is 4.85. The molecule has 0 atom stereocenters. The molecule has 0 aliphatic heterocycles. The van der Waals surface area contributed by atoms with E-state index in [1.165, 1.54) is 13.2 Å². The molecule has 1 aromatic heterocycles. The number of benzene rings is 1. The van der Waals surface area contributed by atoms with Crippen LogP contribution in [0.2, 0.25) is 0 Å². The monoisotopic (exact) mass is 367 g/mol. The largest absolute Gasteiger partial charge is 0.490 e. The Morgan fingerprint density at radius 3 is 2.68 bits per heavy atom. The predicted octanol–water partition coefficient (Wildman–Crippen LogP) is 2.28. The van der Waals surface area contributed by atoms with Gasteiger partial charge < -0.3 is 4.74 Å². The number of hydrogen-bond acceptors (Lipinski definition) is 7. The molecule has 10 heteroatoms. The average molecular weight is 367 g/mol. The van der Waals surface area contributed by atoms with Gasteiger partial charge in [0.2, 0.25) is 5.75 Å². The maximum atomic E-state index is 11.4. The van der Waals surface area contributed by atoms with Crippen LogP contribution in [-0.4, -0.2) is 36.5 Å². The second-order valence-electron chi connectivity index (χ2n) is 5.83. The van der Waals surface area contributed by atoms with Crippen molar-refractivity contribution in [2.75, 3.05) is 13.4 Å². The van der Waals surface area contributed by atoms with E-state index in [1.54, 1.807) is 12.1 Å². The number of ether oxygens (including phenoxy) is 1. The van der Waals surface area contributed by atoms with E-state index >= 15 is 0 Å². The van der Waals surface area contributed by atoms with Gasteiger partial charge in [0.15, 0.2) is 0 Å². The van der Waals surface area contributed by atoms with Crippen molar-refractivity contribution < 1.29 is 22.3 Å². The Balaban J connectivity index is 2.06. The van der Waals surface area contributed by atoms with Crippen molar-refractivity contribution in [3.05, 3.63) is 40.1 Å². The van der Waals surface area contributed by atoms with E-state index in [0.29, 0.717) is 22.9 Å². The molecule has 2 aromatic rings. The zero-order valence-corrected chi connectivity index (χ0v) is 14.5. The second-order valence-corrected chi connectivity index (χ2v) is 7.48. The summed E-state index contributed by atoms with van der Waals surface area (Å²) in [4.78, 5) is 10.8. The van der Waals surface area contributed by atoms with E-state index in [1.807, 2.05) is 10.9 Å². The van der Waals surface area contributed by atoms with Gasteiger partial charge in [0.05, 0.1) is 42.2 Å². The van der Waals surface area contributed by atoms with E-state index in [2.05, 4.69) is 5.10 Å². The summed E-state index contributed by atoms with van der Waals surface area (Å²) in [6, 6.07) is 4.95. The molecule has 1 aromatic carbocycles. The third-order valence-electron chi connectivity index (χ3n) is 3.77. The van der Waals surface area contributed by atoms with Gasteiger partial charge >= 0.3 is 5.69 Å². The van der Waals surface area contributed by atoms with E-state index in [9.17, 15) is 18.5 Å². The molecule has 3 rings (SSSR count). The van der Waals surface area contributed by atoms with Gasteiger partial charge in [0.25, 0.3) is 10.1 Å². The zero-order valence-electron chi connectivity index (χ0n) is 13.7. The molecule has 0 saturated heterocycles. The van der Waals surface area contributed by atoms with E-state index in [4.69, 9.17) is 8.92 Å². The van der Waals surface area contributed by atoms with Gasteiger partial charge in [0.1, 0.15) is 0 Å². The molecule has 0 bridgehead atoms. The zero-order chi connectivity index (χ0) is 18.2. The van der Waals surface area contributed by atoms with E-state index in [0.717, 1.165) is 19.1 Å². The van der Waals surface area contributed by atoms with Crippen LogP contribution in [0.5, 0.6) is 5.75 Å². The Kier molecular flexibility index (Phi) is 4.48. The average Bonchev–Trinajstić information content (AvgIpc) is 3.28. The SMILES string of the molecule is COc1c(-c2ccn(C3CC3)n2)cc(COS(C)(=O)=O)cc1[N+](=O)[O-]. The molecule has 1 heterocycles. The molecule has 0 N–H and O–H groups in total. The third-order valence-corrected chi connectivity index (χ3v) is 4.32. The summed E-state index contributed by atoms with van der Waals surface area (Å²) in [5.41, 5.74) is 1.01. The maximum absolute atomic E-state index is 11.4. The normalized spacial score (nSPS) is 14.5. The van der Waals surface area contributed by atoms with Crippen LogP contribution in [0.25, 0.3) is 11.3 Å². The quantitative estimate of drug-likeness (QED) is 0.419. The summed E-state index contributed by atoms with van der Waals surface area (Å²) in [5, 5.41) is 15.8. The number of nitro groups is 1. The van der Waals surface area contributed by atoms with Crippen molar-refractivity contribution >= 4 is 15.8 Å². The Bertz CT molecular complexity index is 917. The summed E-state index contributed by atoms with van der Waals surface area (Å²) in [7, 11) is -2.32. The van der Waals surface area contributed by atoms with Crippen molar-refractivity contribution in [1.29, 1.82) is 0 Å². The molecule has 0 radical (unpaired) electrons. The van der Waals surface area contributed by atoms with Gasteiger partial charge in [-0.3, -0.25) is 19.0 Å². The molecular formula is C15H17N3O6S. The minimum absolute atomic E-state index is 0.0779. The molecular weight excluding hydrogens is 350 g/mol. The maximum Gasteiger partial charge on any atom is 0.311 e. The lowest BCUT2D eigenvalue weighted by molar-refractivity contribution is -0.385. The number of aromatic nitrogens is 2. The fourth-order valence-corrected chi connectivity index (χ4v) is 2.84. The lowest BCUT2D eigenvalue weighted by Crippen LogP contribution is -2.04. The third kappa shape index (κ3) is 3.97. The van der Waals surface area contributed by atoms with Gasteiger partial charge in [0, 0.05) is 12.3 Å². The predicted molar refractivity (Wildman–Crippen MR) is 88.8 cm³/mol. The first-order chi connectivity index (χ1) is 11.8. The van der Waals surface area contributed by atoms with Crippen LogP contribution in [-0.2, 0) is 20.9 Å². The van der Waals surface area contributed by atoms with Crippen LogP contribution >= 0.6 is 0 Å². The van der Waals surface area contributed by atoms with E-state index < -0.39 is 15.0 Å². The van der Waals surface area contributed by atoms with Crippen molar-refractivity contribution in [3.8, 4) is 17.0 Å². The fraction of sp³-hybridized carbons (Fsp3) is 0.400. The number of nitrogens with zero attached hydrogens (tertiary/aromatic N) is 3. The molecule has 9 nitrogen and oxygen atoms in total. The number of methoxy groups -OCH3 is 1. The lowest BCUT2D eigenvalue weighted by Gasteiger charge is -2.10. The first-order valence-electron chi connectivity index (χ1n) is 7.53. The van der Waals surface area contributed by atoms with Gasteiger partial charge in [-0.25, -0.2) is 0 Å². The highest BCUT2D eigenvalue weighted by molar-refractivity contribution is 7.85. The summed E-state index contributed by atoms with van der Waals surface area (Å²) >= 11 is 0. The topological polar surface area (TPSA) is 114 Å². The van der Waals surface area contributed by atoms with Gasteiger partial charge in [-0.1, -0.05) is 0 Å². The number of rotatable bonds is 7. The highest BCUT2D eigenvalue weighted by Gasteiger charge is 2.27. The first kappa shape index (κ1) is 17.4. The molecule has 134 valence electrons. The molecule has 1 saturated carbocycles. The highest BCUT2D eigenvalue weighted by Crippen LogP contribution is 2.40. The number of hydrogen-bond donors (Lipinski definition) is 0. The van der Waals surface area contributed by atoms with E-state index in [-0.39, 0.29) is 18.0 Å². The number of nitro benzene ring substituents is 1. The Labute approximate surface area is 144 Å². The highest BCUT2D eigenvalue weighted by atomic mass is 32.2. The molecule has 1 aliphatic carbocycles. The summed E-state index contributed by atoms with van der Waals surface area (Å²) in [5.74, 6) is 0.0779. The minimum atomic E-state index is -3.67. The first-order valence-corrected chi connectivity index (χ1v) is 9.35. The smallest absolute Gasteiger partial charge is 0.311 e. The minimum Gasteiger partial charge on any atom is -0.490 e. The van der Waals surface area contributed by atoms with Crippen LogP contribution in [0, 0.1) is 10.1 Å². The van der Waals surface area contributed by atoms with Crippen LogP contribution in [0.3, 0.4) is 0 Å².